The van der Waals surface area contributed by atoms with Gasteiger partial charge in [0.2, 0.25) is 0 Å². The van der Waals surface area contributed by atoms with E-state index in [1.807, 2.05) is 31.2 Å². The molecule has 1 atom stereocenters. The molecule has 0 spiro atoms. The van der Waals surface area contributed by atoms with Crippen LogP contribution < -0.4 is 5.32 Å². The third-order valence-electron chi connectivity index (χ3n) is 4.94. The SMILES string of the molecule is Cc1cc(-c2oc3cnccc3c2Nc2ccc3c(c2)CCC3N=O)no1. The lowest BCUT2D eigenvalue weighted by atomic mass is 10.1. The third kappa shape index (κ3) is 2.59. The molecule has 7 heteroatoms. The van der Waals surface area contributed by atoms with Gasteiger partial charge in [0.1, 0.15) is 11.8 Å². The van der Waals surface area contributed by atoms with E-state index in [0.29, 0.717) is 22.8 Å². The molecule has 5 rings (SSSR count). The lowest BCUT2D eigenvalue weighted by Gasteiger charge is -2.09. The number of hydrogen-bond donors (Lipinski definition) is 1. The molecule has 27 heavy (non-hydrogen) atoms. The van der Waals surface area contributed by atoms with E-state index in [-0.39, 0.29) is 6.04 Å². The van der Waals surface area contributed by atoms with E-state index >= 15 is 0 Å². The van der Waals surface area contributed by atoms with E-state index in [9.17, 15) is 4.91 Å². The molecule has 0 amide bonds. The summed E-state index contributed by atoms with van der Waals surface area (Å²) in [6.45, 7) is 1.84. The minimum Gasteiger partial charge on any atom is -0.450 e. The minimum absolute atomic E-state index is 0.233. The molecule has 1 aliphatic carbocycles. The summed E-state index contributed by atoms with van der Waals surface area (Å²) < 4.78 is 11.2. The number of hydrogen-bond acceptors (Lipinski definition) is 7. The van der Waals surface area contributed by atoms with Gasteiger partial charge in [-0.05, 0) is 49.1 Å². The van der Waals surface area contributed by atoms with Gasteiger partial charge in [-0.1, -0.05) is 16.4 Å². The molecule has 1 aromatic carbocycles. The Kier molecular flexibility index (Phi) is 3.53. The smallest absolute Gasteiger partial charge is 0.180 e. The summed E-state index contributed by atoms with van der Waals surface area (Å²) in [6, 6.07) is 9.50. The summed E-state index contributed by atoms with van der Waals surface area (Å²) in [4.78, 5) is 15.1. The first-order valence-electron chi connectivity index (χ1n) is 8.75. The van der Waals surface area contributed by atoms with Gasteiger partial charge in [0, 0.05) is 23.3 Å². The van der Waals surface area contributed by atoms with Gasteiger partial charge in [0.15, 0.2) is 17.0 Å². The van der Waals surface area contributed by atoms with Crippen molar-refractivity contribution in [2.24, 2.45) is 5.18 Å². The molecule has 0 fully saturated rings. The molecule has 7 nitrogen and oxygen atoms in total. The predicted octanol–water partition coefficient (Wildman–Crippen LogP) is 5.29. The average molecular weight is 360 g/mol. The van der Waals surface area contributed by atoms with Gasteiger partial charge in [0.05, 0.1) is 11.9 Å². The molecule has 0 saturated carbocycles. The molecule has 0 radical (unpaired) electrons. The fourth-order valence-corrected chi connectivity index (χ4v) is 3.66. The largest absolute Gasteiger partial charge is 0.450 e. The van der Waals surface area contributed by atoms with Crippen molar-refractivity contribution in [3.8, 4) is 11.5 Å². The van der Waals surface area contributed by atoms with Gasteiger partial charge in [-0.25, -0.2) is 0 Å². The Bertz CT molecular complexity index is 1160. The number of benzene rings is 1. The van der Waals surface area contributed by atoms with E-state index in [2.05, 4.69) is 26.7 Å². The maximum absolute atomic E-state index is 11.0. The van der Waals surface area contributed by atoms with Crippen LogP contribution in [0.4, 0.5) is 11.4 Å². The van der Waals surface area contributed by atoms with Crippen LogP contribution in [0.15, 0.2) is 56.8 Å². The molecule has 4 aromatic rings. The second kappa shape index (κ2) is 6.05. The standard InChI is InChI=1S/C20H16N4O3/c1-11-8-17(24-27-11)20-19(15-6-7-21-10-18(15)26-20)22-13-3-4-14-12(9-13)2-5-16(14)23-25/h3-4,6-10,16,22H,2,5H2,1H3. The van der Waals surface area contributed by atoms with Crippen molar-refractivity contribution in [3.05, 3.63) is 64.5 Å². The first-order valence-corrected chi connectivity index (χ1v) is 8.75. The summed E-state index contributed by atoms with van der Waals surface area (Å²) in [5, 5.41) is 11.7. The number of furan rings is 1. The number of nitrogens with one attached hydrogen (secondary N) is 1. The summed E-state index contributed by atoms with van der Waals surface area (Å²) in [5.41, 5.74) is 5.19. The van der Waals surface area contributed by atoms with Crippen LogP contribution in [0.25, 0.3) is 22.4 Å². The third-order valence-corrected chi connectivity index (χ3v) is 4.94. The molecular weight excluding hydrogens is 344 g/mol. The quantitative estimate of drug-likeness (QED) is 0.497. The summed E-state index contributed by atoms with van der Waals surface area (Å²) in [5.74, 6) is 1.31. The Hall–Kier alpha value is -3.48. The summed E-state index contributed by atoms with van der Waals surface area (Å²) >= 11 is 0. The number of fused-ring (bicyclic) bond motifs is 2. The predicted molar refractivity (Wildman–Crippen MR) is 101 cm³/mol. The summed E-state index contributed by atoms with van der Waals surface area (Å²) in [6.07, 6.45) is 5.03. The Labute approximate surface area is 154 Å². The van der Waals surface area contributed by atoms with E-state index in [1.54, 1.807) is 12.4 Å². The second-order valence-corrected chi connectivity index (χ2v) is 6.70. The number of pyridine rings is 1. The fourth-order valence-electron chi connectivity index (χ4n) is 3.66. The highest BCUT2D eigenvalue weighted by molar-refractivity contribution is 5.99. The molecular formula is C20H16N4O3. The molecule has 3 aromatic heterocycles. The van der Waals surface area contributed by atoms with E-state index in [0.717, 1.165) is 40.7 Å². The summed E-state index contributed by atoms with van der Waals surface area (Å²) in [7, 11) is 0. The van der Waals surface area contributed by atoms with Gasteiger partial charge in [-0.2, -0.15) is 4.91 Å². The zero-order valence-corrected chi connectivity index (χ0v) is 14.6. The number of aromatic nitrogens is 2. The Morgan fingerprint density at radius 2 is 2.19 bits per heavy atom. The van der Waals surface area contributed by atoms with Gasteiger partial charge in [-0.3, -0.25) is 4.98 Å². The van der Waals surface area contributed by atoms with Crippen LogP contribution in [0.1, 0.15) is 29.3 Å². The lowest BCUT2D eigenvalue weighted by Crippen LogP contribution is -1.94. The number of nitroso groups, excluding NO2 is 1. The van der Waals surface area contributed by atoms with Crippen molar-refractivity contribution in [1.82, 2.24) is 10.1 Å². The molecule has 1 aliphatic rings. The number of aryl methyl sites for hydroxylation is 2. The molecule has 3 heterocycles. The molecule has 0 bridgehead atoms. The van der Waals surface area contributed by atoms with Gasteiger partial charge in [0.25, 0.3) is 0 Å². The Balaban J connectivity index is 1.60. The highest BCUT2D eigenvalue weighted by Gasteiger charge is 2.24. The van der Waals surface area contributed by atoms with Crippen LogP contribution in [0, 0.1) is 11.8 Å². The number of rotatable bonds is 4. The van der Waals surface area contributed by atoms with Gasteiger partial charge < -0.3 is 14.3 Å². The number of anilines is 2. The maximum Gasteiger partial charge on any atom is 0.180 e. The van der Waals surface area contributed by atoms with Crippen LogP contribution in [0.3, 0.4) is 0 Å². The molecule has 0 saturated heterocycles. The van der Waals surface area contributed by atoms with Crippen molar-refractivity contribution in [1.29, 1.82) is 0 Å². The van der Waals surface area contributed by atoms with Crippen molar-refractivity contribution < 1.29 is 8.94 Å². The Morgan fingerprint density at radius 1 is 1.26 bits per heavy atom. The molecule has 0 aliphatic heterocycles. The van der Waals surface area contributed by atoms with Crippen LogP contribution in [-0.4, -0.2) is 10.1 Å². The average Bonchev–Trinajstić information content (AvgIpc) is 3.38. The van der Waals surface area contributed by atoms with Crippen LogP contribution >= 0.6 is 0 Å². The van der Waals surface area contributed by atoms with Crippen molar-refractivity contribution in [2.75, 3.05) is 5.32 Å². The first-order chi connectivity index (χ1) is 13.2. The van der Waals surface area contributed by atoms with Gasteiger partial charge in [-0.15, -0.1) is 0 Å². The fraction of sp³-hybridized carbons (Fsp3) is 0.200. The molecule has 134 valence electrons. The van der Waals surface area contributed by atoms with Crippen LogP contribution in [0.5, 0.6) is 0 Å². The zero-order chi connectivity index (χ0) is 18.4. The highest BCUT2D eigenvalue weighted by atomic mass is 16.5. The van der Waals surface area contributed by atoms with E-state index < -0.39 is 0 Å². The van der Waals surface area contributed by atoms with Crippen LogP contribution in [-0.2, 0) is 6.42 Å². The van der Waals surface area contributed by atoms with Crippen molar-refractivity contribution in [2.45, 2.75) is 25.8 Å². The van der Waals surface area contributed by atoms with Gasteiger partial charge >= 0.3 is 0 Å². The Morgan fingerprint density at radius 3 is 3.00 bits per heavy atom. The monoisotopic (exact) mass is 360 g/mol. The molecule has 1 unspecified atom stereocenters. The van der Waals surface area contributed by atoms with E-state index in [1.165, 1.54) is 0 Å². The minimum atomic E-state index is -0.233. The number of nitrogens with zero attached hydrogens (tertiary/aromatic N) is 3. The lowest BCUT2D eigenvalue weighted by molar-refractivity contribution is 0.398. The topological polar surface area (TPSA) is 93.5 Å². The van der Waals surface area contributed by atoms with E-state index in [4.69, 9.17) is 8.94 Å². The highest BCUT2D eigenvalue weighted by Crippen LogP contribution is 2.40. The normalized spacial score (nSPS) is 15.8. The maximum atomic E-state index is 11.0. The van der Waals surface area contributed by atoms with Crippen molar-refractivity contribution in [3.63, 3.8) is 0 Å². The second-order valence-electron chi connectivity index (χ2n) is 6.70. The first kappa shape index (κ1) is 15.7. The molecule has 1 N–H and O–H groups in total. The van der Waals surface area contributed by atoms with Crippen molar-refractivity contribution >= 4 is 22.3 Å². The van der Waals surface area contributed by atoms with Crippen LogP contribution in [0.2, 0.25) is 0 Å². The zero-order valence-electron chi connectivity index (χ0n) is 14.6.